The van der Waals surface area contributed by atoms with Crippen LogP contribution in [0.3, 0.4) is 0 Å². The Morgan fingerprint density at radius 2 is 1.78 bits per heavy atom. The number of hydrogen-bond donors (Lipinski definition) is 0. The molecule has 3 heteroatoms. The van der Waals surface area contributed by atoms with Crippen LogP contribution in [-0.4, -0.2) is 27.7 Å². The highest BCUT2D eigenvalue weighted by molar-refractivity contribution is 6.55. The molecule has 0 aliphatic rings. The van der Waals surface area contributed by atoms with Crippen molar-refractivity contribution in [2.24, 2.45) is 5.92 Å². The molecule has 0 heterocycles. The van der Waals surface area contributed by atoms with Crippen molar-refractivity contribution in [3.05, 3.63) is 35.9 Å². The summed E-state index contributed by atoms with van der Waals surface area (Å²) in [5, 5.41) is 0. The van der Waals surface area contributed by atoms with Crippen molar-refractivity contribution in [3.8, 4) is 0 Å². The number of rotatable bonds is 8. The monoisotopic (exact) mass is 265 g/mol. The van der Waals surface area contributed by atoms with Crippen molar-refractivity contribution in [2.75, 3.05) is 12.8 Å². The molecule has 1 radical (unpaired) electrons. The van der Waals surface area contributed by atoms with Crippen LogP contribution in [0.2, 0.25) is 13.1 Å². The lowest BCUT2D eigenvalue weighted by Gasteiger charge is -2.22. The lowest BCUT2D eigenvalue weighted by molar-refractivity contribution is -0.0398. The molecule has 0 aliphatic carbocycles. The molecule has 0 aliphatic heterocycles. The molecule has 0 saturated heterocycles. The third kappa shape index (κ3) is 6.33. The van der Waals surface area contributed by atoms with Crippen molar-refractivity contribution < 1.29 is 9.47 Å². The number of hydrogen-bond acceptors (Lipinski definition) is 2. The van der Waals surface area contributed by atoms with Gasteiger partial charge in [-0.15, -0.1) is 0 Å². The van der Waals surface area contributed by atoms with Crippen molar-refractivity contribution >= 4 is 8.80 Å². The largest absolute Gasteiger partial charge is 0.382 e. The first-order chi connectivity index (χ1) is 8.59. The molecular formula is C15H25O2Si. The maximum absolute atomic E-state index is 5.96. The van der Waals surface area contributed by atoms with Crippen LogP contribution in [0.15, 0.2) is 30.3 Å². The van der Waals surface area contributed by atoms with Crippen LogP contribution in [-0.2, 0) is 16.1 Å². The Hall–Kier alpha value is -0.643. The molecule has 0 bridgehead atoms. The summed E-state index contributed by atoms with van der Waals surface area (Å²) >= 11 is 0. The summed E-state index contributed by atoms with van der Waals surface area (Å²) in [4.78, 5) is 0. The van der Waals surface area contributed by atoms with E-state index in [9.17, 15) is 0 Å². The SMILES string of the molecule is CC(C)[C@@H](COC[Si](C)C)OCc1ccccc1. The van der Waals surface area contributed by atoms with Crippen molar-refractivity contribution in [3.63, 3.8) is 0 Å². The highest BCUT2D eigenvalue weighted by Gasteiger charge is 2.14. The molecule has 0 N–H and O–H groups in total. The van der Waals surface area contributed by atoms with Crippen LogP contribution in [0, 0.1) is 5.92 Å². The molecule has 2 nitrogen and oxygen atoms in total. The van der Waals surface area contributed by atoms with Gasteiger partial charge >= 0.3 is 0 Å². The highest BCUT2D eigenvalue weighted by atomic mass is 28.3. The van der Waals surface area contributed by atoms with Gasteiger partial charge < -0.3 is 9.47 Å². The van der Waals surface area contributed by atoms with E-state index in [4.69, 9.17) is 9.47 Å². The van der Waals surface area contributed by atoms with Crippen molar-refractivity contribution in [1.82, 2.24) is 0 Å². The molecule has 1 aromatic carbocycles. The van der Waals surface area contributed by atoms with Gasteiger partial charge in [0.15, 0.2) is 0 Å². The minimum atomic E-state index is -0.300. The molecular weight excluding hydrogens is 240 g/mol. The molecule has 18 heavy (non-hydrogen) atoms. The Balaban J connectivity index is 2.34. The fraction of sp³-hybridized carbons (Fsp3) is 0.600. The van der Waals surface area contributed by atoms with E-state index in [1.165, 1.54) is 5.56 Å². The Bertz CT molecular complexity index is 312. The molecule has 1 rings (SSSR count). The van der Waals surface area contributed by atoms with Crippen LogP contribution >= 0.6 is 0 Å². The molecule has 1 atom stereocenters. The third-order valence-corrected chi connectivity index (χ3v) is 3.50. The molecule has 0 amide bonds. The second-order valence-electron chi connectivity index (χ2n) is 5.30. The number of ether oxygens (including phenoxy) is 2. The standard InChI is InChI=1S/C15H25O2Si/c1-13(2)15(11-16-12-18(3)4)17-10-14-8-6-5-7-9-14/h5-9,13,15H,10-12H2,1-4H3/t15-/m1/s1. The van der Waals surface area contributed by atoms with Gasteiger partial charge in [0.25, 0.3) is 0 Å². The van der Waals surface area contributed by atoms with Crippen LogP contribution in [0.4, 0.5) is 0 Å². The normalized spacial score (nSPS) is 13.2. The van der Waals surface area contributed by atoms with E-state index in [1.807, 2.05) is 18.2 Å². The van der Waals surface area contributed by atoms with Gasteiger partial charge in [-0.05, 0) is 11.5 Å². The van der Waals surface area contributed by atoms with Gasteiger partial charge in [0.2, 0.25) is 0 Å². The Morgan fingerprint density at radius 1 is 1.11 bits per heavy atom. The van der Waals surface area contributed by atoms with Gasteiger partial charge in [-0.25, -0.2) is 0 Å². The van der Waals surface area contributed by atoms with Crippen LogP contribution in [0.1, 0.15) is 19.4 Å². The van der Waals surface area contributed by atoms with Crippen LogP contribution in [0.25, 0.3) is 0 Å². The smallest absolute Gasteiger partial charge is 0.0835 e. The zero-order valence-corrected chi connectivity index (χ0v) is 13.0. The molecule has 0 saturated carbocycles. The molecule has 0 aromatic heterocycles. The maximum Gasteiger partial charge on any atom is 0.0835 e. The summed E-state index contributed by atoms with van der Waals surface area (Å²) in [6.45, 7) is 10.3. The van der Waals surface area contributed by atoms with Gasteiger partial charge in [0.05, 0.1) is 28.1 Å². The van der Waals surface area contributed by atoms with Crippen LogP contribution in [0.5, 0.6) is 0 Å². The summed E-state index contributed by atoms with van der Waals surface area (Å²) in [5.74, 6) is 0.484. The van der Waals surface area contributed by atoms with Crippen LogP contribution < -0.4 is 0 Å². The average molecular weight is 265 g/mol. The summed E-state index contributed by atoms with van der Waals surface area (Å²) in [5.41, 5.74) is 1.22. The second-order valence-corrected chi connectivity index (χ2v) is 8.00. The third-order valence-electron chi connectivity index (χ3n) is 2.72. The van der Waals surface area contributed by atoms with Gasteiger partial charge in [0.1, 0.15) is 0 Å². The molecule has 0 fully saturated rings. The molecule has 0 unspecified atom stereocenters. The fourth-order valence-electron chi connectivity index (χ4n) is 1.59. The van der Waals surface area contributed by atoms with Gasteiger partial charge in [-0.2, -0.15) is 0 Å². The van der Waals surface area contributed by atoms with E-state index >= 15 is 0 Å². The van der Waals surface area contributed by atoms with E-state index in [1.54, 1.807) is 0 Å². The summed E-state index contributed by atoms with van der Waals surface area (Å²) < 4.78 is 11.7. The molecule has 0 spiro atoms. The van der Waals surface area contributed by atoms with Gasteiger partial charge in [0, 0.05) is 6.23 Å². The van der Waals surface area contributed by atoms with E-state index < -0.39 is 0 Å². The molecule has 1 aromatic rings. The highest BCUT2D eigenvalue weighted by Crippen LogP contribution is 2.11. The Labute approximate surface area is 113 Å². The topological polar surface area (TPSA) is 18.5 Å². The Morgan fingerprint density at radius 3 is 2.33 bits per heavy atom. The van der Waals surface area contributed by atoms with Crippen molar-refractivity contribution in [2.45, 2.75) is 39.7 Å². The fourth-order valence-corrected chi connectivity index (χ4v) is 2.12. The summed E-state index contributed by atoms with van der Waals surface area (Å²) in [7, 11) is -0.300. The predicted molar refractivity (Wildman–Crippen MR) is 78.2 cm³/mol. The van der Waals surface area contributed by atoms with Gasteiger partial charge in [-0.3, -0.25) is 0 Å². The summed E-state index contributed by atoms with van der Waals surface area (Å²) in [6, 6.07) is 10.3. The quantitative estimate of drug-likeness (QED) is 0.669. The predicted octanol–water partition coefficient (Wildman–Crippen LogP) is 3.54. The maximum atomic E-state index is 5.96. The van der Waals surface area contributed by atoms with E-state index in [2.05, 4.69) is 39.1 Å². The first kappa shape index (κ1) is 15.4. The first-order valence-corrected chi connectivity index (χ1v) is 9.32. The minimum absolute atomic E-state index is 0.187. The zero-order valence-electron chi connectivity index (χ0n) is 12.0. The average Bonchev–Trinajstić information content (AvgIpc) is 2.34. The van der Waals surface area contributed by atoms with Gasteiger partial charge in [-0.1, -0.05) is 57.3 Å². The lowest BCUT2D eigenvalue weighted by atomic mass is 10.1. The van der Waals surface area contributed by atoms with E-state index in [0.717, 1.165) is 6.23 Å². The van der Waals surface area contributed by atoms with E-state index in [-0.39, 0.29) is 14.9 Å². The lowest BCUT2D eigenvalue weighted by Crippen LogP contribution is -2.27. The first-order valence-electron chi connectivity index (χ1n) is 6.62. The summed E-state index contributed by atoms with van der Waals surface area (Å²) in [6.07, 6.45) is 1.09. The zero-order chi connectivity index (χ0) is 13.4. The molecule has 101 valence electrons. The number of benzene rings is 1. The van der Waals surface area contributed by atoms with Crippen molar-refractivity contribution in [1.29, 1.82) is 0 Å². The Kier molecular flexibility index (Phi) is 7.24. The second kappa shape index (κ2) is 8.46. The minimum Gasteiger partial charge on any atom is -0.382 e. The van der Waals surface area contributed by atoms with E-state index in [0.29, 0.717) is 19.1 Å².